The van der Waals surface area contributed by atoms with Crippen LogP contribution in [0.2, 0.25) is 0 Å². The summed E-state index contributed by atoms with van der Waals surface area (Å²) in [5.74, 6) is 0.234. The predicted molar refractivity (Wildman–Crippen MR) is 105 cm³/mol. The molecule has 1 aliphatic heterocycles. The number of fused-ring (bicyclic) bond motifs is 1. The van der Waals surface area contributed by atoms with Gasteiger partial charge in [-0.15, -0.1) is 0 Å². The smallest absolute Gasteiger partial charge is 0.349 e. The van der Waals surface area contributed by atoms with Crippen molar-refractivity contribution in [2.45, 2.75) is 33.0 Å². The van der Waals surface area contributed by atoms with Gasteiger partial charge >= 0.3 is 11.9 Å². The molecule has 0 aliphatic carbocycles. The van der Waals surface area contributed by atoms with Gasteiger partial charge in [0.2, 0.25) is 5.75 Å². The lowest BCUT2D eigenvalue weighted by atomic mass is 9.95. The average molecular weight is 400 g/mol. The Labute approximate surface area is 169 Å². The fourth-order valence-corrected chi connectivity index (χ4v) is 3.22. The first-order chi connectivity index (χ1) is 13.8. The van der Waals surface area contributed by atoms with E-state index in [0.29, 0.717) is 28.4 Å². The molecular formula is C22H24O7. The van der Waals surface area contributed by atoms with E-state index in [1.807, 2.05) is 6.07 Å². The SMILES string of the molecule is CCOC(=O)C(C)(C)Oc1c(-c2cccc3c2COC3=O)ccc(OC)c1OC. The van der Waals surface area contributed by atoms with E-state index < -0.39 is 11.6 Å². The monoisotopic (exact) mass is 400 g/mol. The number of carbonyl (C=O) groups is 2. The minimum atomic E-state index is -1.28. The molecule has 1 heterocycles. The molecule has 3 rings (SSSR count). The van der Waals surface area contributed by atoms with E-state index >= 15 is 0 Å². The first-order valence-corrected chi connectivity index (χ1v) is 9.24. The van der Waals surface area contributed by atoms with Crippen molar-refractivity contribution in [2.24, 2.45) is 0 Å². The molecule has 0 atom stereocenters. The topological polar surface area (TPSA) is 80.3 Å². The summed E-state index contributed by atoms with van der Waals surface area (Å²) >= 11 is 0. The van der Waals surface area contributed by atoms with Crippen LogP contribution in [0, 0.1) is 0 Å². The summed E-state index contributed by atoms with van der Waals surface area (Å²) in [6.07, 6.45) is 0. The highest BCUT2D eigenvalue weighted by molar-refractivity contribution is 5.96. The molecule has 0 spiro atoms. The number of benzene rings is 2. The molecule has 0 N–H and O–H groups in total. The minimum absolute atomic E-state index is 0.166. The van der Waals surface area contributed by atoms with Crippen LogP contribution in [0.15, 0.2) is 30.3 Å². The van der Waals surface area contributed by atoms with Crippen LogP contribution in [0.4, 0.5) is 0 Å². The minimum Gasteiger partial charge on any atom is -0.493 e. The van der Waals surface area contributed by atoms with Gasteiger partial charge in [0.1, 0.15) is 6.61 Å². The summed E-state index contributed by atoms with van der Waals surface area (Å²) in [6.45, 7) is 5.38. The van der Waals surface area contributed by atoms with Gasteiger partial charge in [0.15, 0.2) is 17.1 Å². The summed E-state index contributed by atoms with van der Waals surface area (Å²) in [6, 6.07) is 8.91. The number of rotatable bonds is 7. The Balaban J connectivity index is 2.19. The fourth-order valence-electron chi connectivity index (χ4n) is 3.22. The molecule has 29 heavy (non-hydrogen) atoms. The van der Waals surface area contributed by atoms with Crippen molar-refractivity contribution in [1.82, 2.24) is 0 Å². The van der Waals surface area contributed by atoms with Crippen LogP contribution in [0.25, 0.3) is 11.1 Å². The van der Waals surface area contributed by atoms with Crippen LogP contribution < -0.4 is 14.2 Å². The van der Waals surface area contributed by atoms with Gasteiger partial charge in [-0.3, -0.25) is 0 Å². The maximum absolute atomic E-state index is 12.4. The molecule has 7 nitrogen and oxygen atoms in total. The van der Waals surface area contributed by atoms with Gasteiger partial charge in [-0.05, 0) is 44.5 Å². The number of methoxy groups -OCH3 is 2. The van der Waals surface area contributed by atoms with Gasteiger partial charge in [0, 0.05) is 11.1 Å². The zero-order valence-electron chi connectivity index (χ0n) is 17.2. The molecule has 7 heteroatoms. The summed E-state index contributed by atoms with van der Waals surface area (Å²) < 4.78 is 27.4. The summed E-state index contributed by atoms with van der Waals surface area (Å²) in [7, 11) is 3.01. The Morgan fingerprint density at radius 2 is 1.76 bits per heavy atom. The van der Waals surface area contributed by atoms with E-state index in [2.05, 4.69) is 0 Å². The number of hydrogen-bond donors (Lipinski definition) is 0. The third-order valence-electron chi connectivity index (χ3n) is 4.66. The molecule has 0 unspecified atom stereocenters. The van der Waals surface area contributed by atoms with Crippen molar-refractivity contribution in [3.05, 3.63) is 41.5 Å². The highest BCUT2D eigenvalue weighted by Gasteiger charge is 2.35. The largest absolute Gasteiger partial charge is 0.493 e. The quantitative estimate of drug-likeness (QED) is 0.655. The van der Waals surface area contributed by atoms with E-state index in [1.54, 1.807) is 45.0 Å². The van der Waals surface area contributed by atoms with Crippen molar-refractivity contribution in [2.75, 3.05) is 20.8 Å². The molecule has 0 fully saturated rings. The van der Waals surface area contributed by atoms with Gasteiger partial charge in [-0.1, -0.05) is 12.1 Å². The van der Waals surface area contributed by atoms with Crippen LogP contribution in [-0.2, 0) is 20.9 Å². The van der Waals surface area contributed by atoms with Crippen LogP contribution in [0.1, 0.15) is 36.7 Å². The Kier molecular flexibility index (Phi) is 5.68. The number of cyclic esters (lactones) is 1. The van der Waals surface area contributed by atoms with Gasteiger partial charge in [0.25, 0.3) is 0 Å². The van der Waals surface area contributed by atoms with Crippen LogP contribution in [0.3, 0.4) is 0 Å². The van der Waals surface area contributed by atoms with Crippen molar-refractivity contribution in [1.29, 1.82) is 0 Å². The van der Waals surface area contributed by atoms with E-state index in [0.717, 1.165) is 11.1 Å². The Bertz CT molecular complexity index is 946. The van der Waals surface area contributed by atoms with Crippen LogP contribution in [0.5, 0.6) is 17.2 Å². The van der Waals surface area contributed by atoms with E-state index in [4.69, 9.17) is 23.7 Å². The number of esters is 2. The molecule has 0 saturated heterocycles. The normalized spacial score (nSPS) is 12.8. The summed E-state index contributed by atoms with van der Waals surface area (Å²) in [5, 5.41) is 0. The first-order valence-electron chi connectivity index (χ1n) is 9.24. The molecule has 0 bridgehead atoms. The second-order valence-electron chi connectivity index (χ2n) is 6.92. The standard InChI is InChI=1S/C22H24O7/c1-6-27-21(24)22(2,3)29-18-14(10-11-17(25-4)19(18)26-5)13-8-7-9-15-16(13)12-28-20(15)23/h7-11H,6,12H2,1-5H3. The maximum atomic E-state index is 12.4. The third kappa shape index (κ3) is 3.72. The van der Waals surface area contributed by atoms with E-state index in [-0.39, 0.29) is 19.2 Å². The number of ether oxygens (including phenoxy) is 5. The molecule has 2 aromatic rings. The molecule has 0 aromatic heterocycles. The molecule has 2 aromatic carbocycles. The van der Waals surface area contributed by atoms with Crippen molar-refractivity contribution < 1.29 is 33.3 Å². The fraction of sp³-hybridized carbons (Fsp3) is 0.364. The number of hydrogen-bond acceptors (Lipinski definition) is 7. The zero-order valence-corrected chi connectivity index (χ0v) is 17.2. The van der Waals surface area contributed by atoms with Crippen LogP contribution >= 0.6 is 0 Å². The van der Waals surface area contributed by atoms with Gasteiger partial charge in [-0.25, -0.2) is 9.59 Å². The second kappa shape index (κ2) is 8.03. The zero-order chi connectivity index (χ0) is 21.2. The van der Waals surface area contributed by atoms with Gasteiger partial charge in [0.05, 0.1) is 26.4 Å². The van der Waals surface area contributed by atoms with Crippen molar-refractivity contribution in [3.63, 3.8) is 0 Å². The molecule has 154 valence electrons. The molecule has 1 aliphatic rings. The maximum Gasteiger partial charge on any atom is 0.349 e. The first kappa shape index (κ1) is 20.5. The Morgan fingerprint density at radius 1 is 1.03 bits per heavy atom. The highest BCUT2D eigenvalue weighted by atomic mass is 16.6. The Hall–Kier alpha value is -3.22. The molecular weight excluding hydrogens is 376 g/mol. The average Bonchev–Trinajstić information content (AvgIpc) is 3.08. The summed E-state index contributed by atoms with van der Waals surface area (Å²) in [4.78, 5) is 24.4. The third-order valence-corrected chi connectivity index (χ3v) is 4.66. The molecule has 0 amide bonds. The lowest BCUT2D eigenvalue weighted by Crippen LogP contribution is -2.40. The lowest BCUT2D eigenvalue weighted by Gasteiger charge is -2.27. The van der Waals surface area contributed by atoms with E-state index in [9.17, 15) is 9.59 Å². The van der Waals surface area contributed by atoms with E-state index in [1.165, 1.54) is 14.2 Å². The van der Waals surface area contributed by atoms with Gasteiger partial charge < -0.3 is 23.7 Å². The summed E-state index contributed by atoms with van der Waals surface area (Å²) in [5.41, 5.74) is 1.38. The Morgan fingerprint density at radius 3 is 2.41 bits per heavy atom. The predicted octanol–water partition coefficient (Wildman–Crippen LogP) is 3.76. The van der Waals surface area contributed by atoms with Gasteiger partial charge in [-0.2, -0.15) is 0 Å². The van der Waals surface area contributed by atoms with Crippen molar-refractivity contribution >= 4 is 11.9 Å². The second-order valence-corrected chi connectivity index (χ2v) is 6.92. The van der Waals surface area contributed by atoms with Crippen molar-refractivity contribution in [3.8, 4) is 28.4 Å². The van der Waals surface area contributed by atoms with Crippen LogP contribution in [-0.4, -0.2) is 38.4 Å². The highest BCUT2D eigenvalue weighted by Crippen LogP contribution is 2.47. The molecule has 0 saturated carbocycles. The molecule has 0 radical (unpaired) electrons. The number of carbonyl (C=O) groups excluding carboxylic acids is 2. The lowest BCUT2D eigenvalue weighted by molar-refractivity contribution is -0.158.